The van der Waals surface area contributed by atoms with Crippen molar-refractivity contribution in [2.45, 2.75) is 5.22 Å². The van der Waals surface area contributed by atoms with Gasteiger partial charge in [0.1, 0.15) is 0 Å². The fourth-order valence-corrected chi connectivity index (χ4v) is 3.21. The van der Waals surface area contributed by atoms with E-state index in [9.17, 15) is 10.1 Å². The summed E-state index contributed by atoms with van der Waals surface area (Å²) in [5.74, 6) is 1.20. The summed E-state index contributed by atoms with van der Waals surface area (Å²) < 4.78 is 11.2. The molecule has 0 saturated carbocycles. The van der Waals surface area contributed by atoms with Crippen molar-refractivity contribution in [3.8, 4) is 17.2 Å². The second-order valence-electron chi connectivity index (χ2n) is 5.54. The molecule has 136 valence electrons. The summed E-state index contributed by atoms with van der Waals surface area (Å²) in [7, 11) is 0. The van der Waals surface area contributed by atoms with Gasteiger partial charge in [-0.05, 0) is 12.1 Å². The van der Waals surface area contributed by atoms with Gasteiger partial charge in [-0.2, -0.15) is 0 Å². The largest absolute Gasteiger partial charge is 0.486 e. The Kier molecular flexibility index (Phi) is 4.75. The first kappa shape index (κ1) is 17.1. The lowest BCUT2D eigenvalue weighted by Crippen LogP contribution is -2.02. The van der Waals surface area contributed by atoms with E-state index in [0.29, 0.717) is 16.9 Å². The van der Waals surface area contributed by atoms with E-state index in [0.717, 1.165) is 16.5 Å². The van der Waals surface area contributed by atoms with Crippen LogP contribution < -0.4 is 4.74 Å². The van der Waals surface area contributed by atoms with Gasteiger partial charge in [0.05, 0.1) is 17.1 Å². The number of nitro benzene ring substituents is 1. The van der Waals surface area contributed by atoms with Crippen molar-refractivity contribution in [2.75, 3.05) is 12.4 Å². The smallest absolute Gasteiger partial charge is 0.310 e. The fraction of sp³-hybridized carbons (Fsp3) is 0.111. The van der Waals surface area contributed by atoms with Crippen LogP contribution in [0.4, 0.5) is 5.69 Å². The fourth-order valence-electron chi connectivity index (χ4n) is 2.64. The predicted octanol–water partition coefficient (Wildman–Crippen LogP) is 4.30. The van der Waals surface area contributed by atoms with Crippen LogP contribution in [0.5, 0.6) is 5.75 Å². The topological polar surface area (TPSA) is 107 Å². The molecule has 27 heavy (non-hydrogen) atoms. The molecule has 0 radical (unpaired) electrons. The highest BCUT2D eigenvalue weighted by atomic mass is 32.2. The zero-order valence-electron chi connectivity index (χ0n) is 14.0. The van der Waals surface area contributed by atoms with E-state index in [4.69, 9.17) is 9.15 Å². The molecule has 9 heteroatoms. The van der Waals surface area contributed by atoms with Gasteiger partial charge in [-0.25, -0.2) is 0 Å². The number of H-pyrrole nitrogens is 1. The van der Waals surface area contributed by atoms with Gasteiger partial charge in [-0.3, -0.25) is 10.1 Å². The number of nitrogens with zero attached hydrogens (tertiary/aromatic N) is 3. The number of aromatic nitrogens is 3. The summed E-state index contributed by atoms with van der Waals surface area (Å²) in [6, 6.07) is 14.1. The number of nitro groups is 1. The zero-order chi connectivity index (χ0) is 18.6. The molecule has 0 spiro atoms. The highest BCUT2D eigenvalue weighted by Crippen LogP contribution is 2.30. The van der Waals surface area contributed by atoms with Crippen molar-refractivity contribution < 1.29 is 14.1 Å². The molecule has 1 N–H and O–H groups in total. The Morgan fingerprint density at radius 3 is 2.85 bits per heavy atom. The first-order chi connectivity index (χ1) is 13.2. The SMILES string of the molecule is O=[N+]([O-])c1ccccc1OCCSc1nnc(-c2c[nH]c3ccccc23)o1. The number of nitrogens with one attached hydrogen (secondary N) is 1. The normalized spacial score (nSPS) is 11.0. The maximum Gasteiger partial charge on any atom is 0.310 e. The summed E-state index contributed by atoms with van der Waals surface area (Å²) >= 11 is 1.33. The van der Waals surface area contributed by atoms with Crippen LogP contribution in [0.1, 0.15) is 0 Å². The third kappa shape index (κ3) is 3.63. The molecular weight excluding hydrogens is 368 g/mol. The van der Waals surface area contributed by atoms with Gasteiger partial charge in [-0.1, -0.05) is 42.1 Å². The van der Waals surface area contributed by atoms with E-state index in [1.165, 1.54) is 17.8 Å². The molecule has 0 bridgehead atoms. The van der Waals surface area contributed by atoms with Gasteiger partial charge >= 0.3 is 5.69 Å². The Labute approximate surface area is 157 Å². The summed E-state index contributed by atoms with van der Waals surface area (Å²) in [4.78, 5) is 13.7. The van der Waals surface area contributed by atoms with Crippen LogP contribution >= 0.6 is 11.8 Å². The van der Waals surface area contributed by atoms with Crippen molar-refractivity contribution >= 4 is 28.4 Å². The van der Waals surface area contributed by atoms with Gasteiger partial charge in [0, 0.05) is 28.9 Å². The molecule has 2 aromatic carbocycles. The van der Waals surface area contributed by atoms with Gasteiger partial charge in [0.15, 0.2) is 5.75 Å². The van der Waals surface area contributed by atoms with Crippen molar-refractivity contribution in [2.24, 2.45) is 0 Å². The van der Waals surface area contributed by atoms with Crippen LogP contribution in [0.15, 0.2) is 64.4 Å². The van der Waals surface area contributed by atoms with Gasteiger partial charge < -0.3 is 14.1 Å². The van der Waals surface area contributed by atoms with E-state index in [1.54, 1.807) is 18.2 Å². The third-order valence-corrected chi connectivity index (χ3v) is 4.64. The quantitative estimate of drug-likeness (QED) is 0.220. The maximum absolute atomic E-state index is 11.0. The number of ether oxygens (including phenoxy) is 1. The molecule has 0 amide bonds. The van der Waals surface area contributed by atoms with Gasteiger partial charge in [-0.15, -0.1) is 10.2 Å². The Hall–Kier alpha value is -3.33. The van der Waals surface area contributed by atoms with Crippen molar-refractivity contribution in [3.63, 3.8) is 0 Å². The lowest BCUT2D eigenvalue weighted by Gasteiger charge is -2.05. The Balaban J connectivity index is 1.37. The van der Waals surface area contributed by atoms with Crippen LogP contribution in [0.3, 0.4) is 0 Å². The Bertz CT molecular complexity index is 1090. The Morgan fingerprint density at radius 1 is 1.15 bits per heavy atom. The number of thioether (sulfide) groups is 1. The lowest BCUT2D eigenvalue weighted by molar-refractivity contribution is -0.385. The van der Waals surface area contributed by atoms with Crippen LogP contribution in [0.2, 0.25) is 0 Å². The number of benzene rings is 2. The average molecular weight is 382 g/mol. The summed E-state index contributed by atoms with van der Waals surface area (Å²) in [5.41, 5.74) is 1.79. The van der Waals surface area contributed by atoms with Crippen molar-refractivity contribution in [1.29, 1.82) is 0 Å². The molecule has 0 aliphatic carbocycles. The maximum atomic E-state index is 11.0. The zero-order valence-corrected chi connectivity index (χ0v) is 14.8. The summed E-state index contributed by atoms with van der Waals surface area (Å²) in [6.07, 6.45) is 1.84. The molecule has 0 atom stereocenters. The minimum Gasteiger partial charge on any atom is -0.486 e. The number of hydrogen-bond donors (Lipinski definition) is 1. The lowest BCUT2D eigenvalue weighted by atomic mass is 10.2. The molecule has 2 heterocycles. The predicted molar refractivity (Wildman–Crippen MR) is 101 cm³/mol. The molecule has 0 unspecified atom stereocenters. The minimum absolute atomic E-state index is 0.0538. The van der Waals surface area contributed by atoms with E-state index in [1.807, 2.05) is 30.5 Å². The first-order valence-corrected chi connectivity index (χ1v) is 9.10. The standard InChI is InChI=1S/C18H14N4O4S/c23-22(24)15-7-3-4-8-16(15)25-9-10-27-18-21-20-17(26-18)13-11-19-14-6-2-1-5-12(13)14/h1-8,11,19H,9-10H2. The second kappa shape index (κ2) is 7.50. The highest BCUT2D eigenvalue weighted by Gasteiger charge is 2.15. The molecule has 0 aliphatic heterocycles. The molecule has 4 rings (SSSR count). The third-order valence-electron chi connectivity index (χ3n) is 3.85. The summed E-state index contributed by atoms with van der Waals surface area (Å²) in [5, 5.41) is 20.5. The molecular formula is C18H14N4O4S. The second-order valence-corrected chi connectivity index (χ2v) is 6.59. The van der Waals surface area contributed by atoms with Crippen molar-refractivity contribution in [3.05, 3.63) is 64.8 Å². The molecule has 0 saturated heterocycles. The van der Waals surface area contributed by atoms with Crippen LogP contribution in [-0.2, 0) is 0 Å². The highest BCUT2D eigenvalue weighted by molar-refractivity contribution is 7.99. The molecule has 0 aliphatic rings. The van der Waals surface area contributed by atoms with Gasteiger partial charge in [0.25, 0.3) is 11.1 Å². The monoisotopic (exact) mass is 382 g/mol. The van der Waals surface area contributed by atoms with Crippen LogP contribution in [0.25, 0.3) is 22.4 Å². The van der Waals surface area contributed by atoms with Crippen LogP contribution in [0, 0.1) is 10.1 Å². The number of hydrogen-bond acceptors (Lipinski definition) is 7. The molecule has 4 aromatic rings. The van der Waals surface area contributed by atoms with E-state index in [2.05, 4.69) is 15.2 Å². The number of para-hydroxylation sites is 3. The number of fused-ring (bicyclic) bond motifs is 1. The van der Waals surface area contributed by atoms with Gasteiger partial charge in [0.2, 0.25) is 0 Å². The van der Waals surface area contributed by atoms with E-state index < -0.39 is 4.92 Å². The molecule has 2 aromatic heterocycles. The van der Waals surface area contributed by atoms with Crippen LogP contribution in [-0.4, -0.2) is 32.5 Å². The summed E-state index contributed by atoms with van der Waals surface area (Å²) in [6.45, 7) is 0.278. The minimum atomic E-state index is -0.464. The number of aromatic amines is 1. The first-order valence-electron chi connectivity index (χ1n) is 8.11. The molecule has 0 fully saturated rings. The number of rotatable bonds is 7. The molecule has 8 nitrogen and oxygen atoms in total. The Morgan fingerprint density at radius 2 is 1.96 bits per heavy atom. The average Bonchev–Trinajstić information content (AvgIpc) is 3.32. The van der Waals surface area contributed by atoms with E-state index >= 15 is 0 Å². The van der Waals surface area contributed by atoms with E-state index in [-0.39, 0.29) is 18.0 Å². The van der Waals surface area contributed by atoms with Crippen molar-refractivity contribution in [1.82, 2.24) is 15.2 Å².